The van der Waals surface area contributed by atoms with Gasteiger partial charge < -0.3 is 0 Å². The first-order valence-corrected chi connectivity index (χ1v) is 3.80. The predicted molar refractivity (Wildman–Crippen MR) is 44.5 cm³/mol. The van der Waals surface area contributed by atoms with Crippen molar-refractivity contribution < 1.29 is 0 Å². The maximum absolute atomic E-state index is 4.32. The predicted octanol–water partition coefficient (Wildman–Crippen LogP) is 2.14. The maximum atomic E-state index is 4.32. The quantitative estimate of drug-likeness (QED) is 0.467. The number of nitrogens with zero attached hydrogens (tertiary/aromatic N) is 1. The summed E-state index contributed by atoms with van der Waals surface area (Å²) in [5, 5.41) is 2.72. The third-order valence-corrected chi connectivity index (χ3v) is 2.34. The summed E-state index contributed by atoms with van der Waals surface area (Å²) in [4.78, 5) is 4.32. The van der Waals surface area contributed by atoms with E-state index in [0.717, 1.165) is 6.42 Å². The van der Waals surface area contributed by atoms with Gasteiger partial charge in [0, 0.05) is 18.0 Å². The van der Waals surface area contributed by atoms with Gasteiger partial charge >= 0.3 is 0 Å². The number of benzene rings is 1. The lowest BCUT2D eigenvalue weighted by molar-refractivity contribution is 1.15. The molecule has 52 valence electrons. The van der Waals surface area contributed by atoms with Gasteiger partial charge in [-0.3, -0.25) is 4.98 Å². The van der Waals surface area contributed by atoms with Crippen molar-refractivity contribution in [2.45, 2.75) is 6.42 Å². The molecule has 11 heavy (non-hydrogen) atoms. The van der Waals surface area contributed by atoms with Crippen LogP contribution in [0.5, 0.6) is 0 Å². The third kappa shape index (κ3) is 0.535. The molecule has 1 aromatic heterocycles. The van der Waals surface area contributed by atoms with E-state index in [0.29, 0.717) is 0 Å². The van der Waals surface area contributed by atoms with Crippen molar-refractivity contribution in [1.82, 2.24) is 4.98 Å². The second kappa shape index (κ2) is 1.62. The second-order valence-corrected chi connectivity index (χ2v) is 2.95. The first-order valence-electron chi connectivity index (χ1n) is 3.80. The van der Waals surface area contributed by atoms with E-state index in [1.165, 1.54) is 22.0 Å². The smallest absolute Gasteiger partial charge is 0.0525 e. The Hall–Kier alpha value is -1.37. The number of pyridine rings is 1. The van der Waals surface area contributed by atoms with Crippen LogP contribution in [0.15, 0.2) is 30.5 Å². The SMILES string of the molecule is c1cc2c3ccnc(c3c1)C2. The van der Waals surface area contributed by atoms with E-state index in [1.54, 1.807) is 0 Å². The van der Waals surface area contributed by atoms with E-state index in [9.17, 15) is 0 Å². The van der Waals surface area contributed by atoms with Crippen molar-refractivity contribution in [1.29, 1.82) is 0 Å². The molecule has 4 bridgehead atoms. The van der Waals surface area contributed by atoms with Crippen LogP contribution in [0.2, 0.25) is 0 Å². The van der Waals surface area contributed by atoms with Gasteiger partial charge in [0.1, 0.15) is 0 Å². The van der Waals surface area contributed by atoms with Gasteiger partial charge in [0.25, 0.3) is 0 Å². The van der Waals surface area contributed by atoms with E-state index in [-0.39, 0.29) is 0 Å². The van der Waals surface area contributed by atoms with Crippen LogP contribution in [0.25, 0.3) is 10.8 Å². The number of aromatic nitrogens is 1. The molecular weight excluding hydrogens is 134 g/mol. The van der Waals surface area contributed by atoms with E-state index in [4.69, 9.17) is 0 Å². The molecule has 0 aliphatic heterocycles. The Morgan fingerprint density at radius 3 is 3.00 bits per heavy atom. The van der Waals surface area contributed by atoms with Crippen LogP contribution in [0.3, 0.4) is 0 Å². The Balaban J connectivity index is 2.67. The number of hydrogen-bond acceptors (Lipinski definition) is 1. The summed E-state index contributed by atoms with van der Waals surface area (Å²) in [6.45, 7) is 0. The molecule has 1 aliphatic rings. The molecule has 3 rings (SSSR count). The van der Waals surface area contributed by atoms with Gasteiger partial charge in [-0.25, -0.2) is 0 Å². The summed E-state index contributed by atoms with van der Waals surface area (Å²) in [6, 6.07) is 8.53. The van der Waals surface area contributed by atoms with Crippen LogP contribution < -0.4 is 0 Å². The topological polar surface area (TPSA) is 12.9 Å². The molecule has 1 aliphatic carbocycles. The van der Waals surface area contributed by atoms with E-state index in [1.807, 2.05) is 6.20 Å². The Labute approximate surface area is 64.7 Å². The minimum Gasteiger partial charge on any atom is -0.260 e. The van der Waals surface area contributed by atoms with Gasteiger partial charge in [-0.1, -0.05) is 18.2 Å². The Kier molecular flexibility index (Phi) is 0.779. The molecule has 1 aromatic carbocycles. The molecule has 0 saturated heterocycles. The molecule has 1 heterocycles. The van der Waals surface area contributed by atoms with E-state index < -0.39 is 0 Å². The van der Waals surface area contributed by atoms with Crippen molar-refractivity contribution in [2.75, 3.05) is 0 Å². The highest BCUT2D eigenvalue weighted by atomic mass is 14.7. The summed E-state index contributed by atoms with van der Waals surface area (Å²) < 4.78 is 0. The van der Waals surface area contributed by atoms with Crippen LogP contribution >= 0.6 is 0 Å². The summed E-state index contributed by atoms with van der Waals surface area (Å²) in [6.07, 6.45) is 2.93. The number of hydrogen-bond donors (Lipinski definition) is 0. The fraction of sp³-hybridized carbons (Fsp3) is 0.100. The molecule has 0 saturated carbocycles. The van der Waals surface area contributed by atoms with Crippen molar-refractivity contribution in [3.8, 4) is 0 Å². The zero-order valence-electron chi connectivity index (χ0n) is 6.04. The first-order chi connectivity index (χ1) is 5.45. The summed E-state index contributed by atoms with van der Waals surface area (Å²) in [5.41, 5.74) is 2.66. The van der Waals surface area contributed by atoms with Crippen LogP contribution in [0.1, 0.15) is 11.3 Å². The molecule has 1 heteroatoms. The van der Waals surface area contributed by atoms with Gasteiger partial charge in [0.15, 0.2) is 0 Å². The van der Waals surface area contributed by atoms with Crippen molar-refractivity contribution in [3.05, 3.63) is 41.7 Å². The average molecular weight is 141 g/mol. The minimum atomic E-state index is 1.03. The Bertz CT molecular complexity index is 391. The molecule has 2 aromatic rings. The summed E-state index contributed by atoms with van der Waals surface area (Å²) in [5.74, 6) is 0. The fourth-order valence-corrected chi connectivity index (χ4v) is 1.81. The largest absolute Gasteiger partial charge is 0.260 e. The fourth-order valence-electron chi connectivity index (χ4n) is 1.81. The zero-order chi connectivity index (χ0) is 7.26. The van der Waals surface area contributed by atoms with Crippen molar-refractivity contribution in [2.24, 2.45) is 0 Å². The van der Waals surface area contributed by atoms with Gasteiger partial charge in [-0.05, 0) is 17.0 Å². The minimum absolute atomic E-state index is 1.03. The summed E-state index contributed by atoms with van der Waals surface area (Å²) >= 11 is 0. The first kappa shape index (κ1) is 5.30. The zero-order valence-corrected chi connectivity index (χ0v) is 6.04. The molecule has 0 amide bonds. The average Bonchev–Trinajstić information content (AvgIpc) is 2.31. The monoisotopic (exact) mass is 141 g/mol. The van der Waals surface area contributed by atoms with Crippen LogP contribution in [-0.4, -0.2) is 4.98 Å². The second-order valence-electron chi connectivity index (χ2n) is 2.95. The molecule has 0 N–H and O–H groups in total. The normalized spacial score (nSPS) is 13.1. The standard InChI is InChI=1S/C10H7N/c1-2-7-6-10-9(3-1)8(7)4-5-11-10/h1-5H,6H2. The molecular formula is C10H7N. The molecule has 0 atom stereocenters. The van der Waals surface area contributed by atoms with Gasteiger partial charge in [-0.15, -0.1) is 0 Å². The van der Waals surface area contributed by atoms with Crippen LogP contribution in [0.4, 0.5) is 0 Å². The summed E-state index contributed by atoms with van der Waals surface area (Å²) in [7, 11) is 0. The molecule has 0 spiro atoms. The molecule has 0 fully saturated rings. The lowest BCUT2D eigenvalue weighted by Crippen LogP contribution is -1.79. The van der Waals surface area contributed by atoms with Crippen LogP contribution in [-0.2, 0) is 6.42 Å². The Morgan fingerprint density at radius 1 is 1.09 bits per heavy atom. The third-order valence-electron chi connectivity index (χ3n) is 2.34. The molecule has 0 unspecified atom stereocenters. The van der Waals surface area contributed by atoms with Crippen LogP contribution in [0, 0.1) is 0 Å². The highest BCUT2D eigenvalue weighted by molar-refractivity contribution is 5.91. The van der Waals surface area contributed by atoms with Gasteiger partial charge in [-0.2, -0.15) is 0 Å². The lowest BCUT2D eigenvalue weighted by Gasteiger charge is -1.91. The van der Waals surface area contributed by atoms with E-state index in [2.05, 4.69) is 29.2 Å². The lowest BCUT2D eigenvalue weighted by atomic mass is 10.2. The van der Waals surface area contributed by atoms with Crippen molar-refractivity contribution >= 4 is 10.8 Å². The Morgan fingerprint density at radius 2 is 2.09 bits per heavy atom. The van der Waals surface area contributed by atoms with Gasteiger partial charge in [0.05, 0.1) is 5.69 Å². The highest BCUT2D eigenvalue weighted by Crippen LogP contribution is 2.29. The number of rotatable bonds is 0. The molecule has 0 radical (unpaired) electrons. The van der Waals surface area contributed by atoms with Gasteiger partial charge in [0.2, 0.25) is 0 Å². The van der Waals surface area contributed by atoms with E-state index >= 15 is 0 Å². The molecule has 1 nitrogen and oxygen atoms in total. The maximum Gasteiger partial charge on any atom is 0.0525 e. The highest BCUT2D eigenvalue weighted by Gasteiger charge is 2.13. The van der Waals surface area contributed by atoms with Crippen molar-refractivity contribution in [3.63, 3.8) is 0 Å².